The first-order chi connectivity index (χ1) is 14.5. The standard InChI is InChI=1S/C23H22N2O3S2/c1-29-21-11-9-20(10-12-21)24-23(26)18-7-4-8-22(15-18)30(27,28)25-14-13-17-5-2-3-6-19(17)16-25/h2-12,15H,13-14,16H2,1H3,(H,24,26). The predicted octanol–water partition coefficient (Wildman–Crippen LogP) is 4.41. The smallest absolute Gasteiger partial charge is 0.255 e. The highest BCUT2D eigenvalue weighted by Gasteiger charge is 2.28. The molecule has 0 bridgehead atoms. The van der Waals surface area contributed by atoms with Gasteiger partial charge < -0.3 is 5.32 Å². The van der Waals surface area contributed by atoms with Gasteiger partial charge in [-0.1, -0.05) is 30.3 Å². The minimum absolute atomic E-state index is 0.132. The van der Waals surface area contributed by atoms with Crippen molar-refractivity contribution < 1.29 is 13.2 Å². The molecule has 3 aromatic rings. The fourth-order valence-electron chi connectivity index (χ4n) is 3.50. The van der Waals surface area contributed by atoms with E-state index >= 15 is 0 Å². The molecule has 154 valence electrons. The highest BCUT2D eigenvalue weighted by Crippen LogP contribution is 2.25. The van der Waals surface area contributed by atoms with Gasteiger partial charge in [0.1, 0.15) is 0 Å². The number of nitrogens with one attached hydrogen (secondary N) is 1. The summed E-state index contributed by atoms with van der Waals surface area (Å²) in [4.78, 5) is 13.9. The highest BCUT2D eigenvalue weighted by atomic mass is 32.2. The molecule has 1 N–H and O–H groups in total. The van der Waals surface area contributed by atoms with E-state index in [1.54, 1.807) is 30.0 Å². The van der Waals surface area contributed by atoms with Gasteiger partial charge in [0.25, 0.3) is 5.91 Å². The molecule has 0 fully saturated rings. The van der Waals surface area contributed by atoms with Gasteiger partial charge in [0.15, 0.2) is 0 Å². The fraction of sp³-hybridized carbons (Fsp3) is 0.174. The molecule has 0 aliphatic carbocycles. The van der Waals surface area contributed by atoms with Gasteiger partial charge in [-0.15, -0.1) is 11.8 Å². The number of amides is 1. The van der Waals surface area contributed by atoms with Crippen molar-refractivity contribution in [1.82, 2.24) is 4.31 Å². The molecule has 7 heteroatoms. The normalized spacial score (nSPS) is 14.2. The lowest BCUT2D eigenvalue weighted by Crippen LogP contribution is -2.36. The summed E-state index contributed by atoms with van der Waals surface area (Å²) in [5.41, 5.74) is 3.18. The molecule has 3 aromatic carbocycles. The van der Waals surface area contributed by atoms with Gasteiger partial charge in [0.2, 0.25) is 10.0 Å². The first kappa shape index (κ1) is 20.7. The van der Waals surface area contributed by atoms with Crippen LogP contribution < -0.4 is 5.32 Å². The number of fused-ring (bicyclic) bond motifs is 1. The van der Waals surface area contributed by atoms with E-state index in [4.69, 9.17) is 0 Å². The van der Waals surface area contributed by atoms with Crippen LogP contribution in [0.15, 0.2) is 82.6 Å². The summed E-state index contributed by atoms with van der Waals surface area (Å²) in [6.07, 6.45) is 2.67. The predicted molar refractivity (Wildman–Crippen MR) is 120 cm³/mol. The molecule has 1 aliphatic heterocycles. The molecule has 0 saturated heterocycles. The molecule has 1 amide bonds. The molecule has 0 spiro atoms. The quantitative estimate of drug-likeness (QED) is 0.600. The molecule has 0 unspecified atom stereocenters. The minimum atomic E-state index is -3.69. The molecule has 30 heavy (non-hydrogen) atoms. The second-order valence-corrected chi connectivity index (χ2v) is 9.89. The van der Waals surface area contributed by atoms with Crippen LogP contribution in [-0.4, -0.2) is 31.4 Å². The van der Waals surface area contributed by atoms with Crippen LogP contribution in [0.25, 0.3) is 0 Å². The maximum absolute atomic E-state index is 13.2. The first-order valence-corrected chi connectivity index (χ1v) is 12.3. The topological polar surface area (TPSA) is 66.5 Å². The van der Waals surface area contributed by atoms with E-state index in [2.05, 4.69) is 5.32 Å². The van der Waals surface area contributed by atoms with Crippen LogP contribution in [0, 0.1) is 0 Å². The van der Waals surface area contributed by atoms with Crippen molar-refractivity contribution in [3.05, 3.63) is 89.5 Å². The Balaban J connectivity index is 1.54. The van der Waals surface area contributed by atoms with Crippen LogP contribution >= 0.6 is 11.8 Å². The number of rotatable bonds is 5. The highest BCUT2D eigenvalue weighted by molar-refractivity contribution is 7.98. The molecule has 1 heterocycles. The molecule has 1 aliphatic rings. The Kier molecular flexibility index (Phi) is 5.94. The Morgan fingerprint density at radius 1 is 0.967 bits per heavy atom. The monoisotopic (exact) mass is 438 g/mol. The second-order valence-electron chi connectivity index (χ2n) is 7.07. The Morgan fingerprint density at radius 3 is 2.43 bits per heavy atom. The lowest BCUT2D eigenvalue weighted by molar-refractivity contribution is 0.102. The number of thioether (sulfide) groups is 1. The molecule has 0 aromatic heterocycles. The average molecular weight is 439 g/mol. The minimum Gasteiger partial charge on any atom is -0.322 e. The fourth-order valence-corrected chi connectivity index (χ4v) is 5.37. The zero-order valence-corrected chi connectivity index (χ0v) is 18.2. The van der Waals surface area contributed by atoms with Crippen LogP contribution in [-0.2, 0) is 23.0 Å². The molecular formula is C23H22N2O3S2. The van der Waals surface area contributed by atoms with Crippen LogP contribution in [0.3, 0.4) is 0 Å². The van der Waals surface area contributed by atoms with Crippen molar-refractivity contribution in [1.29, 1.82) is 0 Å². The molecule has 0 radical (unpaired) electrons. The Bertz CT molecular complexity index is 1180. The molecule has 4 rings (SSSR count). The summed E-state index contributed by atoms with van der Waals surface area (Å²) in [5, 5.41) is 2.82. The molecular weight excluding hydrogens is 416 g/mol. The van der Waals surface area contributed by atoms with E-state index in [0.29, 0.717) is 30.8 Å². The van der Waals surface area contributed by atoms with Gasteiger partial charge in [-0.3, -0.25) is 4.79 Å². The lowest BCUT2D eigenvalue weighted by Gasteiger charge is -2.28. The van der Waals surface area contributed by atoms with Crippen molar-refractivity contribution in [2.24, 2.45) is 0 Å². The molecule has 0 saturated carbocycles. The van der Waals surface area contributed by atoms with E-state index in [1.807, 2.05) is 54.8 Å². The van der Waals surface area contributed by atoms with E-state index in [9.17, 15) is 13.2 Å². The number of nitrogens with zero attached hydrogens (tertiary/aromatic N) is 1. The molecule has 5 nitrogen and oxygen atoms in total. The van der Waals surface area contributed by atoms with Crippen molar-refractivity contribution in [3.8, 4) is 0 Å². The van der Waals surface area contributed by atoms with Crippen LogP contribution in [0.5, 0.6) is 0 Å². The first-order valence-electron chi connectivity index (χ1n) is 9.60. The van der Waals surface area contributed by atoms with E-state index in [0.717, 1.165) is 10.5 Å². The number of hydrogen-bond donors (Lipinski definition) is 1. The Labute approximate surface area is 181 Å². The summed E-state index contributed by atoms with van der Waals surface area (Å²) in [5.74, 6) is -0.340. The lowest BCUT2D eigenvalue weighted by atomic mass is 10.0. The van der Waals surface area contributed by atoms with Crippen molar-refractivity contribution in [3.63, 3.8) is 0 Å². The van der Waals surface area contributed by atoms with Crippen LogP contribution in [0.1, 0.15) is 21.5 Å². The third-order valence-corrected chi connectivity index (χ3v) is 7.76. The summed E-state index contributed by atoms with van der Waals surface area (Å²) in [6.45, 7) is 0.772. The van der Waals surface area contributed by atoms with Crippen LogP contribution in [0.4, 0.5) is 5.69 Å². The number of carbonyl (C=O) groups is 1. The number of anilines is 1. The van der Waals surface area contributed by atoms with Crippen LogP contribution in [0.2, 0.25) is 0 Å². The van der Waals surface area contributed by atoms with Crippen molar-refractivity contribution in [2.75, 3.05) is 18.1 Å². The maximum Gasteiger partial charge on any atom is 0.255 e. The van der Waals surface area contributed by atoms with E-state index in [1.165, 1.54) is 15.9 Å². The second kappa shape index (κ2) is 8.63. The summed E-state index contributed by atoms with van der Waals surface area (Å²) in [6, 6.07) is 21.6. The van der Waals surface area contributed by atoms with Crippen molar-refractivity contribution in [2.45, 2.75) is 22.8 Å². The SMILES string of the molecule is CSc1ccc(NC(=O)c2cccc(S(=O)(=O)N3CCc4ccccc4C3)c2)cc1. The molecule has 0 atom stereocenters. The Morgan fingerprint density at radius 2 is 1.70 bits per heavy atom. The van der Waals surface area contributed by atoms with Gasteiger partial charge in [-0.2, -0.15) is 4.31 Å². The zero-order chi connectivity index (χ0) is 21.1. The number of hydrogen-bond acceptors (Lipinski definition) is 4. The third-order valence-electron chi connectivity index (χ3n) is 5.18. The summed E-state index contributed by atoms with van der Waals surface area (Å²) < 4.78 is 27.9. The van der Waals surface area contributed by atoms with Gasteiger partial charge in [0, 0.05) is 29.2 Å². The summed E-state index contributed by atoms with van der Waals surface area (Å²) in [7, 11) is -3.69. The van der Waals surface area contributed by atoms with Gasteiger partial charge in [-0.05, 0) is 66.3 Å². The van der Waals surface area contributed by atoms with Gasteiger partial charge in [0.05, 0.1) is 4.90 Å². The Hall–Kier alpha value is -2.61. The van der Waals surface area contributed by atoms with E-state index in [-0.39, 0.29) is 10.8 Å². The number of benzene rings is 3. The van der Waals surface area contributed by atoms with Crippen molar-refractivity contribution >= 4 is 33.4 Å². The third kappa shape index (κ3) is 4.28. The van der Waals surface area contributed by atoms with Gasteiger partial charge >= 0.3 is 0 Å². The van der Waals surface area contributed by atoms with E-state index < -0.39 is 10.0 Å². The average Bonchev–Trinajstić information content (AvgIpc) is 2.79. The maximum atomic E-state index is 13.2. The number of sulfonamides is 1. The zero-order valence-electron chi connectivity index (χ0n) is 16.5. The van der Waals surface area contributed by atoms with Gasteiger partial charge in [-0.25, -0.2) is 8.42 Å². The number of carbonyl (C=O) groups excluding carboxylic acids is 1. The summed E-state index contributed by atoms with van der Waals surface area (Å²) >= 11 is 1.62. The largest absolute Gasteiger partial charge is 0.322 e.